The van der Waals surface area contributed by atoms with Crippen LogP contribution in [0, 0.1) is 0 Å². The number of nitrogens with two attached hydrogens (primary N) is 1. The van der Waals surface area contributed by atoms with E-state index in [4.69, 9.17) is 5.73 Å². The number of piperidine rings is 2. The molecule has 4 amide bonds. The van der Waals surface area contributed by atoms with Crippen molar-refractivity contribution in [1.82, 2.24) is 15.1 Å². The van der Waals surface area contributed by atoms with Crippen LogP contribution >= 0.6 is 0 Å². The van der Waals surface area contributed by atoms with Gasteiger partial charge in [0.15, 0.2) is 0 Å². The van der Waals surface area contributed by atoms with Crippen molar-refractivity contribution in [2.45, 2.75) is 69.1 Å². The van der Waals surface area contributed by atoms with Crippen molar-refractivity contribution in [2.75, 3.05) is 6.54 Å². The summed E-state index contributed by atoms with van der Waals surface area (Å²) >= 11 is 0. The van der Waals surface area contributed by atoms with E-state index in [1.165, 1.54) is 6.42 Å². The first kappa shape index (κ1) is 19.4. The van der Waals surface area contributed by atoms with Gasteiger partial charge in [0, 0.05) is 24.5 Å². The van der Waals surface area contributed by atoms with E-state index >= 15 is 0 Å². The number of likely N-dealkylation sites (tertiary alicyclic amines) is 1. The summed E-state index contributed by atoms with van der Waals surface area (Å²) in [5.74, 6) is -1.84. The lowest BCUT2D eigenvalue weighted by Gasteiger charge is -2.56. The number of nitrogens with zero attached hydrogens (tertiary/aromatic N) is 2. The Bertz CT molecular complexity index is 947. The summed E-state index contributed by atoms with van der Waals surface area (Å²) in [6.07, 6.45) is 5.64. The smallest absolute Gasteiger partial charge is 0.262 e. The monoisotopic (exact) mass is 410 g/mol. The predicted molar refractivity (Wildman–Crippen MR) is 107 cm³/mol. The van der Waals surface area contributed by atoms with Crippen molar-refractivity contribution in [3.8, 4) is 0 Å². The van der Waals surface area contributed by atoms with Crippen molar-refractivity contribution < 1.29 is 19.2 Å². The number of fused-ring (bicyclic) bond motifs is 1. The van der Waals surface area contributed by atoms with E-state index in [-0.39, 0.29) is 30.3 Å². The molecular formula is C22H26N4O4. The second-order valence-electron chi connectivity index (χ2n) is 9.06. The number of benzene rings is 1. The van der Waals surface area contributed by atoms with Gasteiger partial charge < -0.3 is 5.73 Å². The Morgan fingerprint density at radius 3 is 2.63 bits per heavy atom. The highest BCUT2D eigenvalue weighted by molar-refractivity contribution is 6.24. The number of imide groups is 2. The summed E-state index contributed by atoms with van der Waals surface area (Å²) in [6.45, 7) is 1.55. The van der Waals surface area contributed by atoms with Crippen LogP contribution in [0.15, 0.2) is 18.2 Å². The van der Waals surface area contributed by atoms with Crippen LogP contribution in [0.4, 0.5) is 0 Å². The van der Waals surface area contributed by atoms with Crippen LogP contribution < -0.4 is 11.1 Å². The quantitative estimate of drug-likeness (QED) is 0.717. The Morgan fingerprint density at radius 2 is 1.90 bits per heavy atom. The zero-order chi connectivity index (χ0) is 21.0. The molecule has 1 saturated carbocycles. The molecule has 0 aromatic heterocycles. The van der Waals surface area contributed by atoms with Gasteiger partial charge in [-0.15, -0.1) is 0 Å². The van der Waals surface area contributed by atoms with Crippen LogP contribution in [0.5, 0.6) is 0 Å². The minimum atomic E-state index is -0.936. The molecule has 1 aromatic rings. The van der Waals surface area contributed by atoms with Crippen LogP contribution in [-0.2, 0) is 16.1 Å². The maximum absolute atomic E-state index is 13.3. The molecule has 3 fully saturated rings. The predicted octanol–water partition coefficient (Wildman–Crippen LogP) is 0.934. The minimum Gasteiger partial charge on any atom is -0.328 e. The first-order valence-corrected chi connectivity index (χ1v) is 10.7. The molecule has 8 nitrogen and oxygen atoms in total. The number of carbonyl (C=O) groups excluding carboxylic acids is 4. The Kier molecular flexibility index (Phi) is 4.52. The Morgan fingerprint density at radius 1 is 1.10 bits per heavy atom. The highest BCUT2D eigenvalue weighted by Crippen LogP contribution is 2.45. The molecule has 30 heavy (non-hydrogen) atoms. The molecule has 0 bridgehead atoms. The van der Waals surface area contributed by atoms with E-state index in [0.29, 0.717) is 17.7 Å². The van der Waals surface area contributed by atoms with Gasteiger partial charge in [0.2, 0.25) is 11.8 Å². The summed E-state index contributed by atoms with van der Waals surface area (Å²) in [5, 5.41) is 2.24. The third-order valence-corrected chi connectivity index (χ3v) is 7.19. The third kappa shape index (κ3) is 2.89. The van der Waals surface area contributed by atoms with Gasteiger partial charge in [-0.1, -0.05) is 18.6 Å². The van der Waals surface area contributed by atoms with Crippen molar-refractivity contribution in [3.63, 3.8) is 0 Å². The summed E-state index contributed by atoms with van der Waals surface area (Å²) in [4.78, 5) is 53.6. The first-order chi connectivity index (χ1) is 14.4. The van der Waals surface area contributed by atoms with E-state index in [9.17, 15) is 19.2 Å². The van der Waals surface area contributed by atoms with Gasteiger partial charge in [-0.25, -0.2) is 0 Å². The van der Waals surface area contributed by atoms with Crippen molar-refractivity contribution in [3.05, 3.63) is 34.9 Å². The molecule has 3 N–H and O–H groups in total. The van der Waals surface area contributed by atoms with Gasteiger partial charge in [-0.3, -0.25) is 34.3 Å². The molecule has 3 aliphatic heterocycles. The molecule has 8 heteroatoms. The summed E-state index contributed by atoms with van der Waals surface area (Å²) in [7, 11) is 0. The molecule has 3 heterocycles. The lowest BCUT2D eigenvalue weighted by atomic mass is 9.67. The zero-order valence-corrected chi connectivity index (χ0v) is 16.9. The summed E-state index contributed by atoms with van der Waals surface area (Å²) in [6, 6.07) is 4.65. The second-order valence-corrected chi connectivity index (χ2v) is 9.06. The van der Waals surface area contributed by atoms with Crippen LogP contribution in [-0.4, -0.2) is 57.6 Å². The molecule has 1 aliphatic carbocycles. The molecule has 2 saturated heterocycles. The summed E-state index contributed by atoms with van der Waals surface area (Å²) in [5.41, 5.74) is 7.77. The lowest BCUT2D eigenvalue weighted by molar-refractivity contribution is -0.136. The van der Waals surface area contributed by atoms with E-state index in [1.807, 2.05) is 6.07 Å². The highest BCUT2D eigenvalue weighted by Gasteiger charge is 2.49. The van der Waals surface area contributed by atoms with Crippen molar-refractivity contribution in [1.29, 1.82) is 0 Å². The van der Waals surface area contributed by atoms with E-state index < -0.39 is 23.8 Å². The number of nitrogens with one attached hydrogen (secondary N) is 1. The zero-order valence-electron chi connectivity index (χ0n) is 16.9. The number of carbonyl (C=O) groups is 4. The molecule has 5 rings (SSSR count). The average molecular weight is 410 g/mol. The molecule has 1 atom stereocenters. The van der Waals surface area contributed by atoms with E-state index in [0.717, 1.165) is 42.7 Å². The molecule has 1 spiro atoms. The number of rotatable bonds is 3. The van der Waals surface area contributed by atoms with Gasteiger partial charge in [-0.2, -0.15) is 0 Å². The van der Waals surface area contributed by atoms with Gasteiger partial charge in [0.1, 0.15) is 6.04 Å². The summed E-state index contributed by atoms with van der Waals surface area (Å²) < 4.78 is 0. The topological polar surface area (TPSA) is 113 Å². The van der Waals surface area contributed by atoms with Crippen LogP contribution in [0.25, 0.3) is 0 Å². The molecular weight excluding hydrogens is 384 g/mol. The molecule has 4 aliphatic rings. The third-order valence-electron chi connectivity index (χ3n) is 7.19. The van der Waals surface area contributed by atoms with Crippen LogP contribution in [0.1, 0.15) is 71.2 Å². The largest absolute Gasteiger partial charge is 0.328 e. The van der Waals surface area contributed by atoms with Gasteiger partial charge in [0.25, 0.3) is 11.8 Å². The number of hydrogen-bond acceptors (Lipinski definition) is 6. The first-order valence-electron chi connectivity index (χ1n) is 10.7. The van der Waals surface area contributed by atoms with Gasteiger partial charge in [0.05, 0.1) is 11.1 Å². The SMILES string of the molecule is NC1CC2(CCCCN2Cc2cccc3c2C(=O)N(C2CCC(=O)NC2=O)C3=O)C1. The molecule has 1 unspecified atom stereocenters. The Labute approximate surface area is 174 Å². The normalized spacial score (nSPS) is 31.7. The highest BCUT2D eigenvalue weighted by atomic mass is 16.2. The van der Waals surface area contributed by atoms with Crippen LogP contribution in [0.3, 0.4) is 0 Å². The maximum atomic E-state index is 13.3. The fourth-order valence-electron chi connectivity index (χ4n) is 5.70. The fourth-order valence-corrected chi connectivity index (χ4v) is 5.70. The Hall–Kier alpha value is -2.58. The number of hydrogen-bond donors (Lipinski definition) is 2. The average Bonchev–Trinajstić information content (AvgIpc) is 2.94. The van der Waals surface area contributed by atoms with Crippen LogP contribution in [0.2, 0.25) is 0 Å². The van der Waals surface area contributed by atoms with Gasteiger partial charge >= 0.3 is 0 Å². The number of amides is 4. The van der Waals surface area contributed by atoms with Gasteiger partial charge in [-0.05, 0) is 50.3 Å². The van der Waals surface area contributed by atoms with Crippen molar-refractivity contribution in [2.24, 2.45) is 5.73 Å². The lowest BCUT2D eigenvalue weighted by Crippen LogP contribution is -2.63. The fraction of sp³-hybridized carbons (Fsp3) is 0.545. The molecule has 1 aromatic carbocycles. The van der Waals surface area contributed by atoms with E-state index in [1.54, 1.807) is 12.1 Å². The molecule has 0 radical (unpaired) electrons. The Balaban J connectivity index is 1.44. The van der Waals surface area contributed by atoms with E-state index in [2.05, 4.69) is 10.2 Å². The standard InChI is InChI=1S/C22H26N4O4/c23-14-10-22(11-14)8-1-2-9-25(22)12-13-4-3-5-15-18(13)21(30)26(20(15)29)16-6-7-17(27)24-19(16)28/h3-5,14,16H,1-2,6-12,23H2,(H,24,27,28). The molecule has 158 valence electrons. The maximum Gasteiger partial charge on any atom is 0.262 e. The van der Waals surface area contributed by atoms with Crippen molar-refractivity contribution >= 4 is 23.6 Å². The minimum absolute atomic E-state index is 0.107. The second kappa shape index (κ2) is 6.99.